The molecular weight excluding hydrogens is 402 g/mol. The Bertz CT molecular complexity index is 900. The zero-order valence-electron chi connectivity index (χ0n) is 18.2. The number of nitrogens with one attached hydrogen (secondary N) is 1. The third-order valence-electron chi connectivity index (χ3n) is 6.22. The number of nitrogens with zero attached hydrogens (tertiary/aromatic N) is 2. The van der Waals surface area contributed by atoms with Crippen molar-refractivity contribution in [2.24, 2.45) is 5.92 Å². The Labute approximate surface area is 179 Å². The molecule has 8 heteroatoms. The van der Waals surface area contributed by atoms with Crippen LogP contribution in [0.3, 0.4) is 0 Å². The van der Waals surface area contributed by atoms with Crippen LogP contribution < -0.4 is 5.32 Å². The van der Waals surface area contributed by atoms with Gasteiger partial charge in [0.05, 0.1) is 10.8 Å². The van der Waals surface area contributed by atoms with Crippen LogP contribution >= 0.6 is 0 Å². The van der Waals surface area contributed by atoms with Gasteiger partial charge >= 0.3 is 0 Å². The molecule has 7 nitrogen and oxygen atoms in total. The number of rotatable bonds is 5. The van der Waals surface area contributed by atoms with Gasteiger partial charge in [-0.25, -0.2) is 8.42 Å². The number of benzene rings is 1. The summed E-state index contributed by atoms with van der Waals surface area (Å²) >= 11 is 0. The van der Waals surface area contributed by atoms with Crippen molar-refractivity contribution in [1.82, 2.24) is 14.5 Å². The molecule has 2 saturated heterocycles. The molecule has 2 amide bonds. The van der Waals surface area contributed by atoms with Gasteiger partial charge in [0.25, 0.3) is 5.91 Å². The standard InChI is InChI=1S/C22H33N3O4S/c1-4-23-21(26)18-9-7-12-24(15-18)22(27)20-14-19(11-10-16(20)2)30(28,29)25-13-6-5-8-17(25)3/h10-11,14,17-18H,4-9,12-13,15H2,1-3H3,(H,23,26). The second-order valence-corrected chi connectivity index (χ2v) is 10.3. The lowest BCUT2D eigenvalue weighted by Gasteiger charge is -2.33. The summed E-state index contributed by atoms with van der Waals surface area (Å²) in [4.78, 5) is 27.3. The minimum absolute atomic E-state index is 0.0258. The van der Waals surface area contributed by atoms with Crippen LogP contribution in [0.25, 0.3) is 0 Å². The molecule has 1 aromatic rings. The number of amides is 2. The first-order chi connectivity index (χ1) is 14.3. The van der Waals surface area contributed by atoms with Gasteiger partial charge < -0.3 is 10.2 Å². The lowest BCUT2D eigenvalue weighted by Crippen LogP contribution is -2.45. The second-order valence-electron chi connectivity index (χ2n) is 8.42. The molecule has 1 N–H and O–H groups in total. The van der Waals surface area contributed by atoms with E-state index in [0.29, 0.717) is 31.7 Å². The number of carbonyl (C=O) groups is 2. The normalized spacial score (nSPS) is 23.2. The van der Waals surface area contributed by atoms with Gasteiger partial charge in [0, 0.05) is 37.8 Å². The fraction of sp³-hybridized carbons (Fsp3) is 0.636. The Morgan fingerprint density at radius 1 is 1.13 bits per heavy atom. The van der Waals surface area contributed by atoms with Gasteiger partial charge in [-0.1, -0.05) is 12.5 Å². The third-order valence-corrected chi connectivity index (χ3v) is 8.23. The first kappa shape index (κ1) is 22.7. The van der Waals surface area contributed by atoms with E-state index in [1.807, 2.05) is 20.8 Å². The summed E-state index contributed by atoms with van der Waals surface area (Å²) in [5.74, 6) is -0.448. The topological polar surface area (TPSA) is 86.8 Å². The summed E-state index contributed by atoms with van der Waals surface area (Å²) in [5, 5.41) is 2.83. The van der Waals surface area contributed by atoms with Crippen molar-refractivity contribution in [2.45, 2.75) is 63.8 Å². The van der Waals surface area contributed by atoms with Crippen LogP contribution in [0.15, 0.2) is 23.1 Å². The SMILES string of the molecule is CCNC(=O)C1CCCN(C(=O)c2cc(S(=O)(=O)N3CCCCC3C)ccc2C)C1. The highest BCUT2D eigenvalue weighted by Gasteiger charge is 2.33. The Balaban J connectivity index is 1.84. The number of likely N-dealkylation sites (tertiary alicyclic amines) is 1. The molecule has 2 aliphatic rings. The quantitative estimate of drug-likeness (QED) is 0.770. The van der Waals surface area contributed by atoms with Crippen molar-refractivity contribution in [2.75, 3.05) is 26.2 Å². The number of sulfonamides is 1. The molecule has 2 unspecified atom stereocenters. The van der Waals surface area contributed by atoms with Crippen LogP contribution in [-0.2, 0) is 14.8 Å². The number of hydrogen-bond acceptors (Lipinski definition) is 4. The van der Waals surface area contributed by atoms with Crippen LogP contribution in [-0.4, -0.2) is 61.7 Å². The van der Waals surface area contributed by atoms with E-state index in [1.165, 1.54) is 6.07 Å². The molecule has 0 spiro atoms. The fourth-order valence-corrected chi connectivity index (χ4v) is 6.15. The van der Waals surface area contributed by atoms with Crippen molar-refractivity contribution in [3.05, 3.63) is 29.3 Å². The minimum Gasteiger partial charge on any atom is -0.356 e. The van der Waals surface area contributed by atoms with Crippen molar-refractivity contribution >= 4 is 21.8 Å². The van der Waals surface area contributed by atoms with Crippen molar-refractivity contribution < 1.29 is 18.0 Å². The Morgan fingerprint density at radius 3 is 2.60 bits per heavy atom. The molecule has 2 fully saturated rings. The highest BCUT2D eigenvalue weighted by molar-refractivity contribution is 7.89. The summed E-state index contributed by atoms with van der Waals surface area (Å²) < 4.78 is 28.0. The molecular formula is C22H33N3O4S. The Kier molecular flexibility index (Phi) is 7.18. The Hall–Kier alpha value is -1.93. The summed E-state index contributed by atoms with van der Waals surface area (Å²) in [7, 11) is -3.65. The van der Waals surface area contributed by atoms with Crippen LogP contribution in [0.4, 0.5) is 0 Å². The maximum atomic E-state index is 13.3. The van der Waals surface area contributed by atoms with E-state index in [0.717, 1.165) is 37.7 Å². The van der Waals surface area contributed by atoms with E-state index < -0.39 is 10.0 Å². The highest BCUT2D eigenvalue weighted by Crippen LogP contribution is 2.27. The molecule has 0 bridgehead atoms. The van der Waals surface area contributed by atoms with Crippen LogP contribution in [0.1, 0.15) is 61.9 Å². The van der Waals surface area contributed by atoms with E-state index in [9.17, 15) is 18.0 Å². The summed E-state index contributed by atoms with van der Waals surface area (Å²) in [6, 6.07) is 4.78. The van der Waals surface area contributed by atoms with Crippen molar-refractivity contribution in [1.29, 1.82) is 0 Å². The van der Waals surface area contributed by atoms with Crippen molar-refractivity contribution in [3.8, 4) is 0 Å². The number of carbonyl (C=O) groups excluding carboxylic acids is 2. The molecule has 1 aromatic carbocycles. The van der Waals surface area contributed by atoms with Gasteiger partial charge in [0.2, 0.25) is 15.9 Å². The third kappa shape index (κ3) is 4.70. The lowest BCUT2D eigenvalue weighted by atomic mass is 9.96. The predicted molar refractivity (Wildman–Crippen MR) is 116 cm³/mol. The largest absolute Gasteiger partial charge is 0.356 e. The smallest absolute Gasteiger partial charge is 0.254 e. The first-order valence-corrected chi connectivity index (χ1v) is 12.4. The summed E-state index contributed by atoms with van der Waals surface area (Å²) in [6.07, 6.45) is 4.26. The predicted octanol–water partition coefficient (Wildman–Crippen LogP) is 2.55. The molecule has 30 heavy (non-hydrogen) atoms. The molecule has 3 rings (SSSR count). The zero-order chi connectivity index (χ0) is 21.9. The lowest BCUT2D eigenvalue weighted by molar-refractivity contribution is -0.126. The van der Waals surface area contributed by atoms with Crippen LogP contribution in [0, 0.1) is 12.8 Å². The number of aryl methyl sites for hydroxylation is 1. The molecule has 2 heterocycles. The monoisotopic (exact) mass is 435 g/mol. The van der Waals surface area contributed by atoms with Crippen LogP contribution in [0.5, 0.6) is 0 Å². The van der Waals surface area contributed by atoms with Gasteiger partial charge in [-0.05, 0) is 64.2 Å². The second kappa shape index (κ2) is 9.47. The zero-order valence-corrected chi connectivity index (χ0v) is 19.0. The fourth-order valence-electron chi connectivity index (χ4n) is 4.42. The van der Waals surface area contributed by atoms with Gasteiger partial charge in [0.15, 0.2) is 0 Å². The van der Waals surface area contributed by atoms with Gasteiger partial charge in [-0.2, -0.15) is 4.31 Å². The maximum Gasteiger partial charge on any atom is 0.254 e. The molecule has 0 saturated carbocycles. The molecule has 0 radical (unpaired) electrons. The van der Waals surface area contributed by atoms with E-state index >= 15 is 0 Å². The van der Waals surface area contributed by atoms with E-state index in [-0.39, 0.29) is 28.7 Å². The molecule has 166 valence electrons. The van der Waals surface area contributed by atoms with E-state index in [2.05, 4.69) is 5.32 Å². The Morgan fingerprint density at radius 2 is 1.90 bits per heavy atom. The van der Waals surface area contributed by atoms with E-state index in [4.69, 9.17) is 0 Å². The van der Waals surface area contributed by atoms with Crippen LogP contribution in [0.2, 0.25) is 0 Å². The maximum absolute atomic E-state index is 13.3. The summed E-state index contributed by atoms with van der Waals surface area (Å²) in [5.41, 5.74) is 1.14. The van der Waals surface area contributed by atoms with E-state index in [1.54, 1.807) is 21.3 Å². The molecule has 0 aliphatic carbocycles. The van der Waals surface area contributed by atoms with Gasteiger partial charge in [0.1, 0.15) is 0 Å². The molecule has 2 atom stereocenters. The average molecular weight is 436 g/mol. The van der Waals surface area contributed by atoms with Gasteiger partial charge in [-0.15, -0.1) is 0 Å². The average Bonchev–Trinajstić information content (AvgIpc) is 2.74. The number of piperidine rings is 2. The van der Waals surface area contributed by atoms with Gasteiger partial charge in [-0.3, -0.25) is 9.59 Å². The highest BCUT2D eigenvalue weighted by atomic mass is 32.2. The first-order valence-electron chi connectivity index (χ1n) is 10.9. The summed E-state index contributed by atoms with van der Waals surface area (Å²) in [6.45, 7) is 7.66. The molecule has 2 aliphatic heterocycles. The minimum atomic E-state index is -3.65. The number of hydrogen-bond donors (Lipinski definition) is 1. The molecule has 0 aromatic heterocycles. The van der Waals surface area contributed by atoms with Crippen molar-refractivity contribution in [3.63, 3.8) is 0 Å².